The number of carbonyl (C=O) groups excluding carboxylic acids is 1. The van der Waals surface area contributed by atoms with Crippen LogP contribution in [0.1, 0.15) is 10.4 Å². The van der Waals surface area contributed by atoms with Crippen molar-refractivity contribution in [2.75, 3.05) is 25.3 Å². The Morgan fingerprint density at radius 1 is 1.10 bits per heavy atom. The van der Waals surface area contributed by atoms with E-state index in [9.17, 15) is 4.79 Å². The number of nitrogens with two attached hydrogens (primary N) is 1. The van der Waals surface area contributed by atoms with E-state index in [1.807, 2.05) is 0 Å². The molecular formula is C15H15ClN2O3. The van der Waals surface area contributed by atoms with Crippen molar-refractivity contribution in [3.05, 3.63) is 47.0 Å². The molecule has 0 heterocycles. The second kappa shape index (κ2) is 6.37. The number of hydrogen-bond donors (Lipinski definition) is 2. The van der Waals surface area contributed by atoms with E-state index < -0.39 is 0 Å². The van der Waals surface area contributed by atoms with E-state index in [0.29, 0.717) is 33.5 Å². The molecule has 0 aromatic heterocycles. The first-order chi connectivity index (χ1) is 10.0. The smallest absolute Gasteiger partial charge is 0.255 e. The van der Waals surface area contributed by atoms with Crippen molar-refractivity contribution in [1.29, 1.82) is 0 Å². The average Bonchev–Trinajstić information content (AvgIpc) is 2.49. The average molecular weight is 307 g/mol. The van der Waals surface area contributed by atoms with Crippen LogP contribution < -0.4 is 20.5 Å². The van der Waals surface area contributed by atoms with Crippen LogP contribution in [-0.2, 0) is 0 Å². The summed E-state index contributed by atoms with van der Waals surface area (Å²) < 4.78 is 10.3. The normalized spacial score (nSPS) is 10.0. The molecule has 2 rings (SSSR count). The third-order valence-corrected chi connectivity index (χ3v) is 3.17. The number of benzene rings is 2. The molecule has 2 aromatic rings. The summed E-state index contributed by atoms with van der Waals surface area (Å²) in [6, 6.07) is 9.79. The molecule has 0 atom stereocenters. The fraction of sp³-hybridized carbons (Fsp3) is 0.133. The van der Waals surface area contributed by atoms with Crippen molar-refractivity contribution in [3.8, 4) is 11.5 Å². The van der Waals surface area contributed by atoms with Crippen molar-refractivity contribution >= 4 is 28.9 Å². The first-order valence-electron chi connectivity index (χ1n) is 6.13. The van der Waals surface area contributed by atoms with Gasteiger partial charge in [-0.3, -0.25) is 4.79 Å². The molecule has 0 radical (unpaired) electrons. The molecule has 3 N–H and O–H groups in total. The predicted molar refractivity (Wildman–Crippen MR) is 83.4 cm³/mol. The molecule has 21 heavy (non-hydrogen) atoms. The summed E-state index contributed by atoms with van der Waals surface area (Å²) in [7, 11) is 3.04. The summed E-state index contributed by atoms with van der Waals surface area (Å²) in [5, 5.41) is 3.09. The Bertz CT molecular complexity index is 652. The molecule has 1 amide bonds. The molecule has 0 saturated carbocycles. The summed E-state index contributed by atoms with van der Waals surface area (Å²) in [6.45, 7) is 0. The molecule has 5 nitrogen and oxygen atoms in total. The molecular weight excluding hydrogens is 292 g/mol. The summed E-state index contributed by atoms with van der Waals surface area (Å²) in [6.07, 6.45) is 0. The van der Waals surface area contributed by atoms with Gasteiger partial charge in [0.1, 0.15) is 11.5 Å². The van der Waals surface area contributed by atoms with Crippen molar-refractivity contribution in [1.82, 2.24) is 0 Å². The zero-order valence-corrected chi connectivity index (χ0v) is 12.4. The van der Waals surface area contributed by atoms with Gasteiger partial charge < -0.3 is 20.5 Å². The van der Waals surface area contributed by atoms with Crippen LogP contribution in [-0.4, -0.2) is 20.1 Å². The van der Waals surface area contributed by atoms with Gasteiger partial charge in [-0.2, -0.15) is 0 Å². The number of anilines is 2. The Kier molecular flexibility index (Phi) is 4.55. The quantitative estimate of drug-likeness (QED) is 0.851. The Morgan fingerprint density at radius 2 is 1.71 bits per heavy atom. The number of amides is 1. The predicted octanol–water partition coefficient (Wildman–Crippen LogP) is 3.19. The van der Waals surface area contributed by atoms with Crippen molar-refractivity contribution in [3.63, 3.8) is 0 Å². The van der Waals surface area contributed by atoms with Crippen LogP contribution >= 0.6 is 11.6 Å². The SMILES string of the molecule is COc1cc(OC)cc(C(=O)Nc2ccc(N)cc2Cl)c1. The van der Waals surface area contributed by atoms with E-state index in [-0.39, 0.29) is 5.91 Å². The number of methoxy groups -OCH3 is 2. The van der Waals surface area contributed by atoms with E-state index >= 15 is 0 Å². The van der Waals surface area contributed by atoms with Crippen molar-refractivity contribution in [2.45, 2.75) is 0 Å². The van der Waals surface area contributed by atoms with E-state index in [1.54, 1.807) is 36.4 Å². The molecule has 2 aromatic carbocycles. The third-order valence-electron chi connectivity index (χ3n) is 2.85. The minimum atomic E-state index is -0.320. The van der Waals surface area contributed by atoms with Gasteiger partial charge in [0.2, 0.25) is 0 Å². The maximum absolute atomic E-state index is 12.3. The third kappa shape index (κ3) is 3.58. The summed E-state index contributed by atoms with van der Waals surface area (Å²) in [5.74, 6) is 0.740. The molecule has 0 aliphatic rings. The largest absolute Gasteiger partial charge is 0.497 e. The van der Waals surface area contributed by atoms with Crippen LogP contribution in [0.5, 0.6) is 11.5 Å². The fourth-order valence-corrected chi connectivity index (χ4v) is 2.00. The molecule has 0 saturated heterocycles. The molecule has 0 spiro atoms. The number of nitrogen functional groups attached to an aromatic ring is 1. The first kappa shape index (κ1) is 15.0. The maximum Gasteiger partial charge on any atom is 0.255 e. The molecule has 0 aliphatic carbocycles. The van der Waals surface area contributed by atoms with Gasteiger partial charge in [0, 0.05) is 17.3 Å². The molecule has 0 aliphatic heterocycles. The Hall–Kier alpha value is -2.40. The van der Waals surface area contributed by atoms with E-state index in [2.05, 4.69) is 5.32 Å². The van der Waals surface area contributed by atoms with Gasteiger partial charge in [-0.1, -0.05) is 11.6 Å². The van der Waals surface area contributed by atoms with Crippen LogP contribution in [0, 0.1) is 0 Å². The zero-order valence-electron chi connectivity index (χ0n) is 11.6. The number of ether oxygens (including phenoxy) is 2. The number of hydrogen-bond acceptors (Lipinski definition) is 4. The first-order valence-corrected chi connectivity index (χ1v) is 6.50. The lowest BCUT2D eigenvalue weighted by Crippen LogP contribution is -2.12. The standard InChI is InChI=1S/C15H15ClN2O3/c1-20-11-5-9(6-12(8-11)21-2)15(19)18-14-4-3-10(17)7-13(14)16/h3-8H,17H2,1-2H3,(H,18,19). The highest BCUT2D eigenvalue weighted by atomic mass is 35.5. The van der Waals surface area contributed by atoms with Crippen molar-refractivity contribution in [2.24, 2.45) is 0 Å². The van der Waals surface area contributed by atoms with E-state index in [0.717, 1.165) is 0 Å². The monoisotopic (exact) mass is 306 g/mol. The van der Waals surface area contributed by atoms with Crippen LogP contribution in [0.15, 0.2) is 36.4 Å². The summed E-state index contributed by atoms with van der Waals surface area (Å²) in [5.41, 5.74) is 7.03. The second-order valence-corrected chi connectivity index (χ2v) is 4.70. The second-order valence-electron chi connectivity index (χ2n) is 4.29. The van der Waals surface area contributed by atoms with Crippen molar-refractivity contribution < 1.29 is 14.3 Å². The van der Waals surface area contributed by atoms with Crippen LogP contribution in [0.3, 0.4) is 0 Å². The minimum Gasteiger partial charge on any atom is -0.497 e. The summed E-state index contributed by atoms with van der Waals surface area (Å²) in [4.78, 5) is 12.3. The van der Waals surface area contributed by atoms with Gasteiger partial charge in [-0.05, 0) is 30.3 Å². The summed E-state index contributed by atoms with van der Waals surface area (Å²) >= 11 is 6.03. The Balaban J connectivity index is 2.27. The number of carbonyl (C=O) groups is 1. The minimum absolute atomic E-state index is 0.320. The van der Waals surface area contributed by atoms with Gasteiger partial charge in [0.15, 0.2) is 0 Å². The lowest BCUT2D eigenvalue weighted by Gasteiger charge is -2.10. The zero-order chi connectivity index (χ0) is 15.4. The number of nitrogens with one attached hydrogen (secondary N) is 1. The Labute approximate surface area is 127 Å². The van der Waals surface area contributed by atoms with Gasteiger partial charge in [-0.15, -0.1) is 0 Å². The van der Waals surface area contributed by atoms with Gasteiger partial charge in [-0.25, -0.2) is 0 Å². The fourth-order valence-electron chi connectivity index (χ4n) is 1.77. The van der Waals surface area contributed by atoms with E-state index in [4.69, 9.17) is 26.8 Å². The highest BCUT2D eigenvalue weighted by Crippen LogP contribution is 2.26. The number of halogens is 1. The number of rotatable bonds is 4. The lowest BCUT2D eigenvalue weighted by atomic mass is 10.1. The lowest BCUT2D eigenvalue weighted by molar-refractivity contribution is 0.102. The maximum atomic E-state index is 12.3. The Morgan fingerprint density at radius 3 is 2.24 bits per heavy atom. The highest BCUT2D eigenvalue weighted by Gasteiger charge is 2.12. The molecule has 0 bridgehead atoms. The molecule has 6 heteroatoms. The van der Waals surface area contributed by atoms with Crippen LogP contribution in [0.4, 0.5) is 11.4 Å². The van der Waals surface area contributed by atoms with Gasteiger partial charge in [0.05, 0.1) is 24.9 Å². The van der Waals surface area contributed by atoms with E-state index in [1.165, 1.54) is 14.2 Å². The highest BCUT2D eigenvalue weighted by molar-refractivity contribution is 6.34. The van der Waals surface area contributed by atoms with Gasteiger partial charge in [0.25, 0.3) is 5.91 Å². The molecule has 110 valence electrons. The van der Waals surface area contributed by atoms with Crippen LogP contribution in [0.2, 0.25) is 5.02 Å². The molecule has 0 fully saturated rings. The topological polar surface area (TPSA) is 73.6 Å². The van der Waals surface area contributed by atoms with Gasteiger partial charge >= 0.3 is 0 Å². The molecule has 0 unspecified atom stereocenters. The van der Waals surface area contributed by atoms with Crippen LogP contribution in [0.25, 0.3) is 0 Å².